The van der Waals surface area contributed by atoms with E-state index in [0.717, 1.165) is 43.9 Å². The molecular formula is C17H25N3O2. The highest BCUT2D eigenvalue weighted by molar-refractivity contribution is 6.00. The zero-order valence-electron chi connectivity index (χ0n) is 13.4. The fourth-order valence-electron chi connectivity index (χ4n) is 3.59. The number of nitrogens with two attached hydrogens (primary N) is 1. The fourth-order valence-corrected chi connectivity index (χ4v) is 3.59. The molecule has 1 aromatic carbocycles. The van der Waals surface area contributed by atoms with Crippen molar-refractivity contribution in [2.75, 3.05) is 38.2 Å². The number of nitrogens with zero attached hydrogens (tertiary/aromatic N) is 2. The van der Waals surface area contributed by atoms with Crippen LogP contribution in [0, 0.1) is 5.41 Å². The molecule has 2 fully saturated rings. The van der Waals surface area contributed by atoms with Crippen LogP contribution in [0.4, 0.5) is 5.69 Å². The van der Waals surface area contributed by atoms with Crippen LogP contribution in [0.25, 0.3) is 0 Å². The first-order valence-electron chi connectivity index (χ1n) is 7.96. The maximum atomic E-state index is 12.9. The molecule has 2 N–H and O–H groups in total. The Hall–Kier alpha value is -1.59. The summed E-state index contributed by atoms with van der Waals surface area (Å²) < 4.78 is 5.39. The summed E-state index contributed by atoms with van der Waals surface area (Å²) in [4.78, 5) is 17.0. The zero-order chi connectivity index (χ0) is 15.7. The van der Waals surface area contributed by atoms with Crippen molar-refractivity contribution in [3.63, 3.8) is 0 Å². The molecule has 0 aromatic heterocycles. The zero-order valence-corrected chi connectivity index (χ0v) is 13.4. The van der Waals surface area contributed by atoms with E-state index in [1.54, 1.807) is 7.11 Å². The minimum atomic E-state index is -0.0155. The van der Waals surface area contributed by atoms with Crippen LogP contribution in [0.2, 0.25) is 0 Å². The Labute approximate surface area is 132 Å². The highest BCUT2D eigenvalue weighted by atomic mass is 16.5. The smallest absolute Gasteiger partial charge is 0.244 e. The molecule has 120 valence electrons. The summed E-state index contributed by atoms with van der Waals surface area (Å²) in [5.74, 6) is 0.940. The van der Waals surface area contributed by atoms with Crippen LogP contribution in [0.15, 0.2) is 24.3 Å². The van der Waals surface area contributed by atoms with Crippen molar-refractivity contribution in [2.45, 2.75) is 25.8 Å². The maximum Gasteiger partial charge on any atom is 0.244 e. The average Bonchev–Trinajstić information content (AvgIpc) is 3.11. The quantitative estimate of drug-likeness (QED) is 0.915. The number of rotatable bonds is 4. The summed E-state index contributed by atoms with van der Waals surface area (Å²) >= 11 is 0. The number of benzene rings is 1. The summed E-state index contributed by atoms with van der Waals surface area (Å²) in [6, 6.07) is 7.70. The van der Waals surface area contributed by atoms with Gasteiger partial charge in [0.25, 0.3) is 0 Å². The summed E-state index contributed by atoms with van der Waals surface area (Å²) in [5.41, 5.74) is 6.91. The van der Waals surface area contributed by atoms with Gasteiger partial charge in [-0.3, -0.25) is 9.69 Å². The van der Waals surface area contributed by atoms with E-state index in [0.29, 0.717) is 6.54 Å². The van der Waals surface area contributed by atoms with Gasteiger partial charge in [-0.25, -0.2) is 0 Å². The standard InChI is InChI=1S/C17H25N3O2/c1-17(11-18)8-10-19(12-17)14-7-9-20(16(14)21)13-5-3-4-6-15(13)22-2/h3-6,14H,7-12,18H2,1-2H3. The van der Waals surface area contributed by atoms with Gasteiger partial charge in [-0.2, -0.15) is 0 Å². The monoisotopic (exact) mass is 303 g/mol. The number of amides is 1. The Bertz CT molecular complexity index is 563. The van der Waals surface area contributed by atoms with Gasteiger partial charge in [0.15, 0.2) is 0 Å². The molecule has 0 bridgehead atoms. The van der Waals surface area contributed by atoms with Crippen molar-refractivity contribution in [1.82, 2.24) is 4.90 Å². The first-order chi connectivity index (χ1) is 10.6. The van der Waals surface area contributed by atoms with Gasteiger partial charge in [0.1, 0.15) is 5.75 Å². The van der Waals surface area contributed by atoms with Crippen molar-refractivity contribution in [3.8, 4) is 5.75 Å². The minimum absolute atomic E-state index is 0.0155. The van der Waals surface area contributed by atoms with Crippen LogP contribution in [0.5, 0.6) is 5.75 Å². The minimum Gasteiger partial charge on any atom is -0.495 e. The van der Waals surface area contributed by atoms with Crippen LogP contribution in [-0.2, 0) is 4.79 Å². The molecule has 5 heteroatoms. The van der Waals surface area contributed by atoms with Gasteiger partial charge in [0.2, 0.25) is 5.91 Å². The Balaban J connectivity index is 1.76. The average molecular weight is 303 g/mol. The van der Waals surface area contributed by atoms with E-state index in [1.807, 2.05) is 29.2 Å². The molecule has 2 unspecified atom stereocenters. The van der Waals surface area contributed by atoms with Crippen LogP contribution in [0.3, 0.4) is 0 Å². The molecule has 5 nitrogen and oxygen atoms in total. The molecule has 0 saturated carbocycles. The predicted molar refractivity (Wildman–Crippen MR) is 87.1 cm³/mol. The number of hydrogen-bond acceptors (Lipinski definition) is 4. The van der Waals surface area contributed by atoms with E-state index in [4.69, 9.17) is 10.5 Å². The molecule has 0 radical (unpaired) electrons. The van der Waals surface area contributed by atoms with Crippen molar-refractivity contribution in [3.05, 3.63) is 24.3 Å². The number of ether oxygens (including phenoxy) is 1. The molecule has 2 atom stereocenters. The van der Waals surface area contributed by atoms with E-state index in [2.05, 4.69) is 11.8 Å². The molecule has 2 aliphatic rings. The molecule has 1 amide bonds. The van der Waals surface area contributed by atoms with Crippen molar-refractivity contribution in [1.29, 1.82) is 0 Å². The molecule has 0 aliphatic carbocycles. The Morgan fingerprint density at radius 3 is 2.82 bits per heavy atom. The van der Waals surface area contributed by atoms with Gasteiger partial charge >= 0.3 is 0 Å². The topological polar surface area (TPSA) is 58.8 Å². The Kier molecular flexibility index (Phi) is 4.10. The lowest BCUT2D eigenvalue weighted by molar-refractivity contribution is -0.121. The number of likely N-dealkylation sites (tertiary alicyclic amines) is 1. The molecular weight excluding hydrogens is 278 g/mol. The fraction of sp³-hybridized carbons (Fsp3) is 0.588. The summed E-state index contributed by atoms with van der Waals surface area (Å²) in [5, 5.41) is 0. The lowest BCUT2D eigenvalue weighted by Crippen LogP contribution is -2.42. The Morgan fingerprint density at radius 1 is 1.36 bits per heavy atom. The number of carbonyl (C=O) groups is 1. The molecule has 0 spiro atoms. The predicted octanol–water partition coefficient (Wildman–Crippen LogP) is 1.47. The van der Waals surface area contributed by atoms with E-state index in [1.165, 1.54) is 0 Å². The number of carbonyl (C=O) groups excluding carboxylic acids is 1. The van der Waals surface area contributed by atoms with E-state index >= 15 is 0 Å². The first kappa shape index (κ1) is 15.3. The third kappa shape index (κ3) is 2.59. The molecule has 2 aliphatic heterocycles. The van der Waals surface area contributed by atoms with E-state index in [-0.39, 0.29) is 17.4 Å². The van der Waals surface area contributed by atoms with Gasteiger partial charge < -0.3 is 15.4 Å². The third-order valence-corrected chi connectivity index (χ3v) is 5.07. The van der Waals surface area contributed by atoms with Crippen LogP contribution in [-0.4, -0.2) is 50.1 Å². The third-order valence-electron chi connectivity index (χ3n) is 5.07. The van der Waals surface area contributed by atoms with Crippen LogP contribution >= 0.6 is 0 Å². The van der Waals surface area contributed by atoms with Gasteiger partial charge in [0, 0.05) is 13.1 Å². The van der Waals surface area contributed by atoms with Gasteiger partial charge in [0.05, 0.1) is 18.8 Å². The van der Waals surface area contributed by atoms with Gasteiger partial charge in [-0.05, 0) is 43.5 Å². The van der Waals surface area contributed by atoms with Gasteiger partial charge in [-0.1, -0.05) is 19.1 Å². The second-order valence-corrected chi connectivity index (χ2v) is 6.70. The number of anilines is 1. The lowest BCUT2D eigenvalue weighted by Gasteiger charge is -2.26. The molecule has 2 heterocycles. The van der Waals surface area contributed by atoms with Gasteiger partial charge in [-0.15, -0.1) is 0 Å². The van der Waals surface area contributed by atoms with Crippen LogP contribution < -0.4 is 15.4 Å². The normalized spacial score (nSPS) is 29.3. The molecule has 22 heavy (non-hydrogen) atoms. The largest absolute Gasteiger partial charge is 0.495 e. The number of methoxy groups -OCH3 is 1. The summed E-state index contributed by atoms with van der Waals surface area (Å²) in [7, 11) is 1.64. The first-order valence-corrected chi connectivity index (χ1v) is 7.96. The highest BCUT2D eigenvalue weighted by Crippen LogP contribution is 2.36. The SMILES string of the molecule is COc1ccccc1N1CCC(N2CCC(C)(CN)C2)C1=O. The van der Waals surface area contributed by atoms with E-state index < -0.39 is 0 Å². The summed E-state index contributed by atoms with van der Waals surface area (Å²) in [6.45, 7) is 5.52. The molecule has 2 saturated heterocycles. The van der Waals surface area contributed by atoms with Crippen molar-refractivity contribution >= 4 is 11.6 Å². The van der Waals surface area contributed by atoms with Crippen molar-refractivity contribution < 1.29 is 9.53 Å². The maximum absolute atomic E-state index is 12.9. The van der Waals surface area contributed by atoms with E-state index in [9.17, 15) is 4.79 Å². The molecule has 3 rings (SSSR count). The van der Waals surface area contributed by atoms with Crippen molar-refractivity contribution in [2.24, 2.45) is 11.1 Å². The second kappa shape index (κ2) is 5.89. The second-order valence-electron chi connectivity index (χ2n) is 6.70. The van der Waals surface area contributed by atoms with Crippen LogP contribution in [0.1, 0.15) is 19.8 Å². The molecule has 1 aromatic rings. The number of hydrogen-bond donors (Lipinski definition) is 1. The Morgan fingerprint density at radius 2 is 2.14 bits per heavy atom. The lowest BCUT2D eigenvalue weighted by atomic mass is 9.90. The highest BCUT2D eigenvalue weighted by Gasteiger charge is 2.43. The summed E-state index contributed by atoms with van der Waals surface area (Å²) in [6.07, 6.45) is 1.94. The number of para-hydroxylation sites is 2.